The van der Waals surface area contributed by atoms with Crippen LogP contribution in [-0.2, 0) is 19.5 Å². The monoisotopic (exact) mass is 181 g/mol. The minimum absolute atomic E-state index is 0. The summed E-state index contributed by atoms with van der Waals surface area (Å²) in [4.78, 5) is 6.82. The topological polar surface area (TPSA) is 28.7 Å². The number of nitrogens with one attached hydrogen (secondary N) is 1. The molecule has 0 aliphatic rings. The molecule has 10 heavy (non-hydrogen) atoms. The maximum absolute atomic E-state index is 3.94. The molecule has 45 valence electrons. The van der Waals surface area contributed by atoms with Gasteiger partial charge in [-0.1, -0.05) is 12.1 Å². The molecule has 0 unspecified atom stereocenters. The quantitative estimate of drug-likeness (QED) is 0.613. The SMILES string of the molecule is [Zn].[c]1nc2ccccc2[nH]1. The Balaban J connectivity index is 0.000000500. The molecule has 0 aliphatic heterocycles. The summed E-state index contributed by atoms with van der Waals surface area (Å²) < 4.78 is 0. The number of para-hydroxylation sites is 2. The maximum atomic E-state index is 3.94. The molecular formula is C7H5N2Zn. The van der Waals surface area contributed by atoms with Gasteiger partial charge in [-0.05, 0) is 12.1 Å². The molecule has 1 aromatic carbocycles. The van der Waals surface area contributed by atoms with Crippen LogP contribution in [-0.4, -0.2) is 9.97 Å². The van der Waals surface area contributed by atoms with Crippen molar-refractivity contribution < 1.29 is 19.5 Å². The van der Waals surface area contributed by atoms with Crippen molar-refractivity contribution in [1.29, 1.82) is 0 Å². The largest absolute Gasteiger partial charge is 0.335 e. The number of aromatic nitrogens is 2. The number of hydrogen-bond donors (Lipinski definition) is 1. The Morgan fingerprint density at radius 3 is 2.90 bits per heavy atom. The van der Waals surface area contributed by atoms with Gasteiger partial charge < -0.3 is 4.98 Å². The second-order valence-electron chi connectivity index (χ2n) is 1.87. The van der Waals surface area contributed by atoms with E-state index < -0.39 is 0 Å². The van der Waals surface area contributed by atoms with Crippen LogP contribution in [0.1, 0.15) is 0 Å². The molecule has 0 saturated carbocycles. The van der Waals surface area contributed by atoms with Gasteiger partial charge >= 0.3 is 0 Å². The molecule has 0 amide bonds. The molecule has 2 rings (SSSR count). The molecule has 1 aromatic heterocycles. The van der Waals surface area contributed by atoms with Crippen LogP contribution < -0.4 is 0 Å². The van der Waals surface area contributed by atoms with Crippen molar-refractivity contribution in [2.75, 3.05) is 0 Å². The van der Waals surface area contributed by atoms with Crippen molar-refractivity contribution in [3.05, 3.63) is 30.6 Å². The van der Waals surface area contributed by atoms with Crippen LogP contribution in [0.3, 0.4) is 0 Å². The van der Waals surface area contributed by atoms with Gasteiger partial charge in [0.05, 0.1) is 11.0 Å². The normalized spacial score (nSPS) is 9.20. The van der Waals surface area contributed by atoms with Crippen molar-refractivity contribution in [2.24, 2.45) is 0 Å². The third kappa shape index (κ3) is 1.10. The zero-order valence-electron chi connectivity index (χ0n) is 5.46. The summed E-state index contributed by atoms with van der Waals surface area (Å²) in [5.74, 6) is 0. The predicted octanol–water partition coefficient (Wildman–Crippen LogP) is 1.36. The molecule has 0 atom stereocenters. The molecule has 0 saturated heterocycles. The van der Waals surface area contributed by atoms with E-state index in [0.717, 1.165) is 11.0 Å². The number of H-pyrrole nitrogens is 1. The standard InChI is InChI=1S/C7H5N2.Zn/c1-2-4-7-6(3-1)8-5-9-7;/h1-4H,(H,8,9);. The molecule has 0 aliphatic carbocycles. The van der Waals surface area contributed by atoms with E-state index in [9.17, 15) is 0 Å². The number of hydrogen-bond acceptors (Lipinski definition) is 1. The van der Waals surface area contributed by atoms with Gasteiger partial charge in [-0.15, -0.1) is 0 Å². The summed E-state index contributed by atoms with van der Waals surface area (Å²) in [5.41, 5.74) is 2.01. The average Bonchev–Trinajstić information content (AvgIpc) is 2.33. The summed E-state index contributed by atoms with van der Waals surface area (Å²) in [6.45, 7) is 0. The van der Waals surface area contributed by atoms with Gasteiger partial charge in [0.2, 0.25) is 0 Å². The fraction of sp³-hybridized carbons (Fsp3) is 0. The number of fused-ring (bicyclic) bond motifs is 1. The minimum atomic E-state index is 0. The predicted molar refractivity (Wildman–Crippen MR) is 34.9 cm³/mol. The molecule has 1 N–H and O–H groups in total. The van der Waals surface area contributed by atoms with Crippen LogP contribution >= 0.6 is 0 Å². The van der Waals surface area contributed by atoms with Gasteiger partial charge in [-0.25, -0.2) is 4.98 Å². The summed E-state index contributed by atoms with van der Waals surface area (Å²) in [5, 5.41) is 0. The molecule has 0 fully saturated rings. The molecule has 2 aromatic rings. The fourth-order valence-electron chi connectivity index (χ4n) is 0.825. The first-order valence-corrected chi connectivity index (χ1v) is 2.77. The van der Waals surface area contributed by atoms with Gasteiger partial charge in [0.1, 0.15) is 0 Å². The Kier molecular flexibility index (Phi) is 2.18. The molecule has 0 bridgehead atoms. The first-order valence-electron chi connectivity index (χ1n) is 2.77. The van der Waals surface area contributed by atoms with E-state index in [1.165, 1.54) is 0 Å². The number of benzene rings is 1. The van der Waals surface area contributed by atoms with E-state index in [0.29, 0.717) is 0 Å². The Morgan fingerprint density at radius 1 is 1.30 bits per heavy atom. The van der Waals surface area contributed by atoms with Crippen LogP contribution in [0, 0.1) is 6.33 Å². The number of nitrogens with zero attached hydrogens (tertiary/aromatic N) is 1. The van der Waals surface area contributed by atoms with E-state index in [1.54, 1.807) is 0 Å². The average molecular weight is 183 g/mol. The zero-order valence-corrected chi connectivity index (χ0v) is 8.43. The van der Waals surface area contributed by atoms with Gasteiger partial charge in [0.25, 0.3) is 0 Å². The summed E-state index contributed by atoms with van der Waals surface area (Å²) in [6, 6.07) is 7.84. The van der Waals surface area contributed by atoms with E-state index in [-0.39, 0.29) is 19.5 Å². The molecule has 3 heteroatoms. The van der Waals surface area contributed by atoms with Crippen molar-refractivity contribution in [1.82, 2.24) is 9.97 Å². The molecule has 0 spiro atoms. The zero-order chi connectivity index (χ0) is 6.10. The molecule has 1 heterocycles. The Hall–Kier alpha value is -0.687. The van der Waals surface area contributed by atoms with E-state index in [1.807, 2.05) is 24.3 Å². The van der Waals surface area contributed by atoms with Crippen molar-refractivity contribution in [2.45, 2.75) is 0 Å². The Labute approximate surface area is 71.4 Å². The summed E-state index contributed by atoms with van der Waals surface area (Å²) >= 11 is 0. The first-order chi connectivity index (χ1) is 4.47. The van der Waals surface area contributed by atoms with Gasteiger partial charge in [-0.3, -0.25) is 0 Å². The smallest absolute Gasteiger partial charge is 0.174 e. The summed E-state index contributed by atoms with van der Waals surface area (Å²) in [6.07, 6.45) is 2.66. The number of rotatable bonds is 0. The second kappa shape index (κ2) is 2.93. The van der Waals surface area contributed by atoms with E-state index in [4.69, 9.17) is 0 Å². The van der Waals surface area contributed by atoms with Crippen LogP contribution in [0.15, 0.2) is 24.3 Å². The van der Waals surface area contributed by atoms with Crippen molar-refractivity contribution >= 4 is 11.0 Å². The van der Waals surface area contributed by atoms with Crippen LogP contribution in [0.4, 0.5) is 0 Å². The van der Waals surface area contributed by atoms with Gasteiger partial charge in [0.15, 0.2) is 6.33 Å². The van der Waals surface area contributed by atoms with Gasteiger partial charge in [-0.2, -0.15) is 0 Å². The third-order valence-electron chi connectivity index (χ3n) is 1.27. The van der Waals surface area contributed by atoms with Gasteiger partial charge in [0, 0.05) is 19.5 Å². The van der Waals surface area contributed by atoms with E-state index >= 15 is 0 Å². The first kappa shape index (κ1) is 7.42. The minimum Gasteiger partial charge on any atom is -0.335 e. The summed E-state index contributed by atoms with van der Waals surface area (Å²) in [7, 11) is 0. The Bertz CT molecular complexity index is 286. The van der Waals surface area contributed by atoms with Crippen LogP contribution in [0.5, 0.6) is 0 Å². The third-order valence-corrected chi connectivity index (χ3v) is 1.27. The second-order valence-corrected chi connectivity index (χ2v) is 1.87. The molecule has 2 nitrogen and oxygen atoms in total. The molecule has 1 radical (unpaired) electrons. The fourth-order valence-corrected chi connectivity index (χ4v) is 0.825. The molecular weight excluding hydrogens is 177 g/mol. The van der Waals surface area contributed by atoms with E-state index in [2.05, 4.69) is 16.3 Å². The van der Waals surface area contributed by atoms with Crippen molar-refractivity contribution in [3.63, 3.8) is 0 Å². The Morgan fingerprint density at radius 2 is 2.10 bits per heavy atom. The van der Waals surface area contributed by atoms with Crippen molar-refractivity contribution in [3.8, 4) is 0 Å². The number of aromatic amines is 1. The maximum Gasteiger partial charge on any atom is 0.174 e. The van der Waals surface area contributed by atoms with Crippen LogP contribution in [0.2, 0.25) is 0 Å². The van der Waals surface area contributed by atoms with Crippen LogP contribution in [0.25, 0.3) is 11.0 Å². The number of imidazole rings is 1.